The molecule has 2 saturated carbocycles. The van der Waals surface area contributed by atoms with E-state index < -0.39 is 47.6 Å². The molecule has 4 aliphatic rings. The van der Waals surface area contributed by atoms with Crippen molar-refractivity contribution in [1.82, 2.24) is 20.5 Å². The zero-order valence-corrected chi connectivity index (χ0v) is 23.7. The van der Waals surface area contributed by atoms with E-state index in [9.17, 15) is 24.3 Å². The van der Waals surface area contributed by atoms with Crippen LogP contribution in [0.5, 0.6) is 0 Å². The third-order valence-electron chi connectivity index (χ3n) is 8.59. The number of aromatic nitrogens is 1. The van der Waals surface area contributed by atoms with Gasteiger partial charge in [0.25, 0.3) is 0 Å². The highest BCUT2D eigenvalue weighted by molar-refractivity contribution is 5.96. The van der Waals surface area contributed by atoms with Crippen LogP contribution < -0.4 is 10.6 Å². The molecule has 3 amide bonds. The molecule has 0 bridgehead atoms. The lowest BCUT2D eigenvalue weighted by Gasteiger charge is -2.29. The predicted molar refractivity (Wildman–Crippen MR) is 151 cm³/mol. The minimum Gasteiger partial charge on any atom is -0.479 e. The highest BCUT2D eigenvalue weighted by atomic mass is 16.6. The summed E-state index contributed by atoms with van der Waals surface area (Å²) < 4.78 is 5.57. The Morgan fingerprint density at radius 2 is 1.95 bits per heavy atom. The molecule has 5 rings (SSSR count). The van der Waals surface area contributed by atoms with Crippen LogP contribution in [0, 0.1) is 5.92 Å². The number of ether oxygens (including phenoxy) is 1. The SMILES string of the molecule is O=C(N[C@H]1CCCCC/C=C\[C@@H]2C[C@]2(C(=O)O)NC(=O)[C@@H]2C[C@@H](O/N=C/c3cccnc3)CN2C1=O)OC1CCCC1. The van der Waals surface area contributed by atoms with E-state index in [1.807, 2.05) is 18.2 Å². The number of nitrogens with zero attached hydrogens (tertiary/aromatic N) is 3. The maximum atomic E-state index is 14.0. The van der Waals surface area contributed by atoms with Gasteiger partial charge in [0.2, 0.25) is 11.8 Å². The standard InChI is InChI=1S/C30H39N5O7/c36-26-25-15-23(42-32-18-20-9-8-14-31-17-20)19-35(25)27(37)24(33-29(40)41-22-11-6-7-12-22)13-5-3-1-2-4-10-21-16-30(21,34-26)28(38)39/h4,8-10,14,17-18,21-25H,1-3,5-7,11-13,15-16,19H2,(H,33,40)(H,34,36)(H,38,39)/b10-4-,32-18+/t21-,23-,24+,25+,30+/m1/s1. The maximum Gasteiger partial charge on any atom is 0.408 e. The summed E-state index contributed by atoms with van der Waals surface area (Å²) in [6.07, 6.45) is 14.7. The van der Waals surface area contributed by atoms with Crippen molar-refractivity contribution in [2.24, 2.45) is 11.1 Å². The summed E-state index contributed by atoms with van der Waals surface area (Å²) in [5.41, 5.74) is -0.678. The molecule has 1 aromatic rings. The smallest absolute Gasteiger partial charge is 0.408 e. The normalized spacial score (nSPS) is 31.3. The van der Waals surface area contributed by atoms with Gasteiger partial charge < -0.3 is 30.2 Å². The van der Waals surface area contributed by atoms with Crippen LogP contribution in [0.3, 0.4) is 0 Å². The van der Waals surface area contributed by atoms with Gasteiger partial charge in [-0.05, 0) is 57.4 Å². The molecule has 0 aromatic carbocycles. The third-order valence-corrected chi connectivity index (χ3v) is 8.59. The minimum absolute atomic E-state index is 0.0561. The highest BCUT2D eigenvalue weighted by Crippen LogP contribution is 2.45. The quantitative estimate of drug-likeness (QED) is 0.263. The van der Waals surface area contributed by atoms with Crippen LogP contribution in [0.4, 0.5) is 4.79 Å². The molecule has 3 N–H and O–H groups in total. The molecule has 2 aliphatic heterocycles. The van der Waals surface area contributed by atoms with E-state index in [1.165, 1.54) is 11.1 Å². The number of nitrogens with one attached hydrogen (secondary N) is 2. The number of carbonyl (C=O) groups is 4. The summed E-state index contributed by atoms with van der Waals surface area (Å²) in [6, 6.07) is 1.69. The topological polar surface area (TPSA) is 160 Å². The summed E-state index contributed by atoms with van der Waals surface area (Å²) in [5, 5.41) is 19.5. The Balaban J connectivity index is 1.35. The second kappa shape index (κ2) is 13.3. The number of oxime groups is 1. The van der Waals surface area contributed by atoms with Gasteiger partial charge in [0.1, 0.15) is 29.8 Å². The first kappa shape index (κ1) is 29.5. The van der Waals surface area contributed by atoms with E-state index >= 15 is 0 Å². The summed E-state index contributed by atoms with van der Waals surface area (Å²) in [5.74, 6) is -2.41. The van der Waals surface area contributed by atoms with Crippen molar-refractivity contribution in [1.29, 1.82) is 0 Å². The van der Waals surface area contributed by atoms with Crippen molar-refractivity contribution in [3.63, 3.8) is 0 Å². The summed E-state index contributed by atoms with van der Waals surface area (Å²) in [4.78, 5) is 63.7. The Labute approximate surface area is 244 Å². The van der Waals surface area contributed by atoms with Crippen molar-refractivity contribution in [3.8, 4) is 0 Å². The number of aliphatic carboxylic acids is 1. The first-order valence-corrected chi connectivity index (χ1v) is 14.9. The second-order valence-electron chi connectivity index (χ2n) is 11.6. The minimum atomic E-state index is -1.40. The average Bonchev–Trinajstić information content (AvgIpc) is 3.27. The number of amides is 3. The number of allylic oxidation sites excluding steroid dienone is 1. The van der Waals surface area contributed by atoms with E-state index in [4.69, 9.17) is 9.57 Å². The van der Waals surface area contributed by atoms with Gasteiger partial charge in [-0.2, -0.15) is 0 Å². The molecule has 3 fully saturated rings. The molecule has 1 aromatic heterocycles. The van der Waals surface area contributed by atoms with Crippen LogP contribution in [0.25, 0.3) is 0 Å². The lowest BCUT2D eigenvalue weighted by atomic mass is 10.0. The lowest BCUT2D eigenvalue weighted by molar-refractivity contribution is -0.145. The number of hydrogen-bond acceptors (Lipinski definition) is 8. The number of carboxylic acid groups (broad SMARTS) is 1. The van der Waals surface area contributed by atoms with Gasteiger partial charge in [0, 0.05) is 30.3 Å². The Bertz CT molecular complexity index is 1200. The maximum absolute atomic E-state index is 14.0. The van der Waals surface area contributed by atoms with Crippen molar-refractivity contribution in [2.45, 2.75) is 100 Å². The fourth-order valence-electron chi connectivity index (χ4n) is 6.10. The molecular formula is C30H39N5O7. The Morgan fingerprint density at radius 3 is 2.71 bits per heavy atom. The molecule has 3 heterocycles. The highest BCUT2D eigenvalue weighted by Gasteiger charge is 2.61. The number of hydrogen-bond donors (Lipinski definition) is 3. The van der Waals surface area contributed by atoms with Gasteiger partial charge in [-0.3, -0.25) is 14.6 Å². The molecule has 12 heteroatoms. The van der Waals surface area contributed by atoms with Gasteiger partial charge in [-0.1, -0.05) is 36.2 Å². The first-order valence-electron chi connectivity index (χ1n) is 14.9. The first-order chi connectivity index (χ1) is 20.4. The number of rotatable bonds is 6. The van der Waals surface area contributed by atoms with Crippen molar-refractivity contribution >= 4 is 30.1 Å². The Morgan fingerprint density at radius 1 is 1.14 bits per heavy atom. The molecular weight excluding hydrogens is 542 g/mol. The van der Waals surface area contributed by atoms with Crippen LogP contribution in [-0.4, -0.2) is 81.5 Å². The van der Waals surface area contributed by atoms with Crippen molar-refractivity contribution in [2.75, 3.05) is 6.54 Å². The van der Waals surface area contributed by atoms with Gasteiger partial charge in [0.15, 0.2) is 0 Å². The van der Waals surface area contributed by atoms with E-state index in [0.717, 1.165) is 50.5 Å². The average molecular weight is 582 g/mol. The van der Waals surface area contributed by atoms with Crippen LogP contribution in [0.2, 0.25) is 0 Å². The lowest BCUT2D eigenvalue weighted by Crippen LogP contribution is -2.56. The molecule has 1 saturated heterocycles. The zero-order chi connectivity index (χ0) is 29.5. The fourth-order valence-corrected chi connectivity index (χ4v) is 6.10. The number of fused-ring (bicyclic) bond motifs is 2. The third kappa shape index (κ3) is 7.08. The largest absolute Gasteiger partial charge is 0.479 e. The molecule has 0 radical (unpaired) electrons. The molecule has 12 nitrogen and oxygen atoms in total. The van der Waals surface area contributed by atoms with E-state index in [2.05, 4.69) is 20.8 Å². The van der Waals surface area contributed by atoms with Gasteiger partial charge >= 0.3 is 12.1 Å². The number of carbonyl (C=O) groups excluding carboxylic acids is 3. The van der Waals surface area contributed by atoms with Gasteiger partial charge in [-0.25, -0.2) is 9.59 Å². The van der Waals surface area contributed by atoms with E-state index in [0.29, 0.717) is 12.8 Å². The summed E-state index contributed by atoms with van der Waals surface area (Å²) >= 11 is 0. The van der Waals surface area contributed by atoms with Crippen LogP contribution >= 0.6 is 0 Å². The van der Waals surface area contributed by atoms with Crippen molar-refractivity contribution in [3.05, 3.63) is 42.2 Å². The van der Waals surface area contributed by atoms with E-state index in [1.54, 1.807) is 18.5 Å². The Kier molecular flexibility index (Phi) is 9.38. The Hall–Kier alpha value is -3.96. The zero-order valence-electron chi connectivity index (χ0n) is 23.7. The summed E-state index contributed by atoms with van der Waals surface area (Å²) in [7, 11) is 0. The number of carboxylic acids is 1. The van der Waals surface area contributed by atoms with Crippen molar-refractivity contribution < 1.29 is 33.9 Å². The molecule has 226 valence electrons. The molecule has 0 unspecified atom stereocenters. The fraction of sp³-hybridized carbons (Fsp3) is 0.600. The van der Waals surface area contributed by atoms with Crippen LogP contribution in [0.15, 0.2) is 41.8 Å². The molecule has 2 aliphatic carbocycles. The summed E-state index contributed by atoms with van der Waals surface area (Å²) in [6.45, 7) is 0.0561. The molecule has 42 heavy (non-hydrogen) atoms. The van der Waals surface area contributed by atoms with Gasteiger partial charge in [-0.15, -0.1) is 0 Å². The molecule has 0 spiro atoms. The van der Waals surface area contributed by atoms with Crippen LogP contribution in [-0.2, 0) is 24.0 Å². The number of alkyl carbamates (subject to hydrolysis) is 1. The number of pyridine rings is 1. The predicted octanol–water partition coefficient (Wildman–Crippen LogP) is 2.92. The molecule has 5 atom stereocenters. The van der Waals surface area contributed by atoms with Gasteiger partial charge in [0.05, 0.1) is 12.8 Å². The second-order valence-corrected chi connectivity index (χ2v) is 11.6. The van der Waals surface area contributed by atoms with Crippen LogP contribution in [0.1, 0.15) is 76.2 Å². The van der Waals surface area contributed by atoms with E-state index in [-0.39, 0.29) is 31.4 Å². The monoisotopic (exact) mass is 581 g/mol.